The van der Waals surface area contributed by atoms with Crippen LogP contribution in [-0.4, -0.2) is 17.0 Å². The van der Waals surface area contributed by atoms with Gasteiger partial charge in [0.15, 0.2) is 5.78 Å². The molecule has 3 aliphatic rings. The second kappa shape index (κ2) is 6.81. The van der Waals surface area contributed by atoms with Gasteiger partial charge in [-0.2, -0.15) is 0 Å². The van der Waals surface area contributed by atoms with Crippen molar-refractivity contribution >= 4 is 5.78 Å². The van der Waals surface area contributed by atoms with Gasteiger partial charge in [0, 0.05) is 11.0 Å². The van der Waals surface area contributed by atoms with Crippen molar-refractivity contribution in [3.8, 4) is 0 Å². The topological polar surface area (TPSA) is 37.3 Å². The Morgan fingerprint density at radius 1 is 1.38 bits per heavy atom. The van der Waals surface area contributed by atoms with Gasteiger partial charge in [0.05, 0.1) is 6.10 Å². The molecule has 0 heterocycles. The van der Waals surface area contributed by atoms with E-state index in [4.69, 9.17) is 0 Å². The maximum atomic E-state index is 13.0. The molecular formula is C24H32O2. The van der Waals surface area contributed by atoms with Gasteiger partial charge in [-0.1, -0.05) is 50.6 Å². The normalized spacial score (nSPS) is 35.3. The number of carbonyl (C=O) groups excluding carboxylic acids is 1. The summed E-state index contributed by atoms with van der Waals surface area (Å²) in [5, 5.41) is 11.0. The quantitative estimate of drug-likeness (QED) is 0.540. The molecule has 0 radical (unpaired) electrons. The molecule has 0 aliphatic heterocycles. The van der Waals surface area contributed by atoms with Crippen LogP contribution in [0, 0.1) is 16.7 Å². The third-order valence-electron chi connectivity index (χ3n) is 6.88. The van der Waals surface area contributed by atoms with Gasteiger partial charge >= 0.3 is 0 Å². The fraction of sp³-hybridized carbons (Fsp3) is 0.542. The molecule has 0 aromatic heterocycles. The molecule has 140 valence electrons. The predicted octanol–water partition coefficient (Wildman–Crippen LogP) is 5.47. The first-order chi connectivity index (χ1) is 12.2. The van der Waals surface area contributed by atoms with Crippen LogP contribution in [0.4, 0.5) is 0 Å². The average molecular weight is 353 g/mol. The molecule has 0 saturated heterocycles. The second-order valence-corrected chi connectivity index (χ2v) is 8.88. The summed E-state index contributed by atoms with van der Waals surface area (Å²) >= 11 is 0. The van der Waals surface area contributed by atoms with Crippen LogP contribution >= 0.6 is 0 Å². The van der Waals surface area contributed by atoms with Crippen molar-refractivity contribution in [2.45, 2.75) is 65.9 Å². The molecule has 26 heavy (non-hydrogen) atoms. The Bertz CT molecular complexity index is 744. The zero-order valence-electron chi connectivity index (χ0n) is 16.6. The van der Waals surface area contributed by atoms with Crippen LogP contribution < -0.4 is 0 Å². The first-order valence-corrected chi connectivity index (χ1v) is 9.88. The van der Waals surface area contributed by atoms with E-state index in [0.29, 0.717) is 6.42 Å². The Morgan fingerprint density at radius 3 is 2.77 bits per heavy atom. The van der Waals surface area contributed by atoms with Crippen LogP contribution in [0.1, 0.15) is 59.8 Å². The monoisotopic (exact) mass is 352 g/mol. The molecule has 0 spiro atoms. The number of allylic oxidation sites excluding steroid dienone is 8. The van der Waals surface area contributed by atoms with Gasteiger partial charge in [-0.05, 0) is 67.6 Å². The predicted molar refractivity (Wildman–Crippen MR) is 108 cm³/mol. The summed E-state index contributed by atoms with van der Waals surface area (Å²) in [6, 6.07) is 0. The fourth-order valence-electron chi connectivity index (χ4n) is 5.30. The summed E-state index contributed by atoms with van der Waals surface area (Å²) in [4.78, 5) is 13.0. The van der Waals surface area contributed by atoms with Crippen LogP contribution in [0.3, 0.4) is 0 Å². The van der Waals surface area contributed by atoms with E-state index in [1.54, 1.807) is 0 Å². The van der Waals surface area contributed by atoms with E-state index >= 15 is 0 Å². The minimum Gasteiger partial charge on any atom is -0.392 e. The van der Waals surface area contributed by atoms with Crippen molar-refractivity contribution in [1.29, 1.82) is 0 Å². The summed E-state index contributed by atoms with van der Waals surface area (Å²) in [5.41, 5.74) is 4.08. The molecular weight excluding hydrogens is 320 g/mol. The van der Waals surface area contributed by atoms with Crippen LogP contribution in [-0.2, 0) is 4.79 Å². The lowest BCUT2D eigenvalue weighted by atomic mass is 9.55. The van der Waals surface area contributed by atoms with E-state index in [-0.39, 0.29) is 22.5 Å². The highest BCUT2D eigenvalue weighted by Crippen LogP contribution is 2.54. The first-order valence-electron chi connectivity index (χ1n) is 9.88. The Hall–Kier alpha value is -1.67. The van der Waals surface area contributed by atoms with Crippen molar-refractivity contribution in [1.82, 2.24) is 0 Å². The summed E-state index contributed by atoms with van der Waals surface area (Å²) in [6.45, 7) is 12.7. The van der Waals surface area contributed by atoms with Crippen LogP contribution in [0.5, 0.6) is 0 Å². The third-order valence-corrected chi connectivity index (χ3v) is 6.88. The van der Waals surface area contributed by atoms with Gasteiger partial charge < -0.3 is 5.11 Å². The smallest absolute Gasteiger partial charge is 0.182 e. The minimum absolute atomic E-state index is 0.00898. The molecule has 3 atom stereocenters. The van der Waals surface area contributed by atoms with E-state index in [0.717, 1.165) is 36.8 Å². The Morgan fingerprint density at radius 2 is 2.12 bits per heavy atom. The maximum Gasteiger partial charge on any atom is 0.182 e. The number of ketones is 1. The average Bonchev–Trinajstić information content (AvgIpc) is 2.56. The largest absolute Gasteiger partial charge is 0.392 e. The standard InChI is InChI=1S/C24H32O2/c1-6-12-24-17(3)19(15-20-16(2)9-8-13-23(20,4)5)21(25)14-18(24)10-7-11-22(24)26/h6,8-9,14-15,17,22,26H,1,7,10-13H2,2-5H3/t17-,22-,24-/m0/s1. The Labute approximate surface area is 158 Å². The highest BCUT2D eigenvalue weighted by Gasteiger charge is 2.51. The van der Waals surface area contributed by atoms with E-state index in [1.165, 1.54) is 11.1 Å². The maximum absolute atomic E-state index is 13.0. The lowest BCUT2D eigenvalue weighted by Crippen LogP contribution is -2.48. The van der Waals surface area contributed by atoms with Gasteiger partial charge in [-0.15, -0.1) is 6.58 Å². The summed E-state index contributed by atoms with van der Waals surface area (Å²) in [6.07, 6.45) is 14.2. The van der Waals surface area contributed by atoms with Gasteiger partial charge in [-0.25, -0.2) is 0 Å². The number of hydrogen-bond donors (Lipinski definition) is 1. The Balaban J connectivity index is 2.15. The fourth-order valence-corrected chi connectivity index (χ4v) is 5.30. The van der Waals surface area contributed by atoms with Crippen molar-refractivity contribution in [2.75, 3.05) is 0 Å². The zero-order valence-corrected chi connectivity index (χ0v) is 16.6. The van der Waals surface area contributed by atoms with Crippen LogP contribution in [0.2, 0.25) is 0 Å². The number of hydrogen-bond acceptors (Lipinski definition) is 2. The Kier molecular flexibility index (Phi) is 5.00. The van der Waals surface area contributed by atoms with Crippen molar-refractivity contribution < 1.29 is 9.90 Å². The number of carbonyl (C=O) groups is 1. The van der Waals surface area contributed by atoms with Crippen LogP contribution in [0.15, 0.2) is 59.3 Å². The third kappa shape index (κ3) is 2.89. The lowest BCUT2D eigenvalue weighted by molar-refractivity contribution is -0.114. The molecule has 1 N–H and O–H groups in total. The highest BCUT2D eigenvalue weighted by molar-refractivity contribution is 6.06. The number of rotatable bonds is 3. The number of fused-ring (bicyclic) bond motifs is 1. The summed E-state index contributed by atoms with van der Waals surface area (Å²) in [5.74, 6) is 0.109. The summed E-state index contributed by atoms with van der Waals surface area (Å²) in [7, 11) is 0. The van der Waals surface area contributed by atoms with Crippen molar-refractivity contribution in [2.24, 2.45) is 16.7 Å². The zero-order chi connectivity index (χ0) is 19.1. The molecule has 0 bridgehead atoms. The van der Waals surface area contributed by atoms with Gasteiger partial charge in [-0.3, -0.25) is 4.79 Å². The van der Waals surface area contributed by atoms with E-state index in [9.17, 15) is 9.90 Å². The molecule has 2 heteroatoms. The van der Waals surface area contributed by atoms with Gasteiger partial charge in [0.1, 0.15) is 0 Å². The minimum atomic E-state index is -0.415. The van der Waals surface area contributed by atoms with E-state index in [2.05, 4.69) is 52.5 Å². The molecule has 2 nitrogen and oxygen atoms in total. The van der Waals surface area contributed by atoms with Gasteiger partial charge in [0.25, 0.3) is 0 Å². The number of aliphatic hydroxyl groups is 1. The number of aliphatic hydroxyl groups excluding tert-OH is 1. The van der Waals surface area contributed by atoms with E-state index in [1.807, 2.05) is 12.2 Å². The molecule has 0 aromatic rings. The molecule has 1 fully saturated rings. The van der Waals surface area contributed by atoms with Crippen molar-refractivity contribution in [3.63, 3.8) is 0 Å². The van der Waals surface area contributed by atoms with Gasteiger partial charge in [0.2, 0.25) is 0 Å². The molecule has 1 saturated carbocycles. The van der Waals surface area contributed by atoms with Crippen molar-refractivity contribution in [3.05, 3.63) is 59.3 Å². The van der Waals surface area contributed by atoms with E-state index < -0.39 is 6.10 Å². The first kappa shape index (κ1) is 19.1. The second-order valence-electron chi connectivity index (χ2n) is 8.88. The van der Waals surface area contributed by atoms with Crippen LogP contribution in [0.25, 0.3) is 0 Å². The molecule has 0 unspecified atom stereocenters. The SMILES string of the molecule is C=CC[C@@]12C(=CC(=O)C(=CC3=C(C)C=CCC3(C)C)[C@@H]1C)CCC[C@@H]2O. The lowest BCUT2D eigenvalue weighted by Gasteiger charge is -2.50. The summed E-state index contributed by atoms with van der Waals surface area (Å²) < 4.78 is 0. The molecule has 0 aromatic carbocycles. The molecule has 3 aliphatic carbocycles. The molecule has 3 rings (SSSR count). The highest BCUT2D eigenvalue weighted by atomic mass is 16.3. The molecule has 0 amide bonds.